The van der Waals surface area contributed by atoms with E-state index in [1.165, 1.54) is 19.3 Å². The number of nitrogens with one attached hydrogen (secondary N) is 1. The van der Waals surface area contributed by atoms with Crippen molar-refractivity contribution in [2.24, 2.45) is 0 Å². The van der Waals surface area contributed by atoms with E-state index < -0.39 is 0 Å². The highest BCUT2D eigenvalue weighted by Gasteiger charge is 2.10. The Labute approximate surface area is 120 Å². The molecule has 2 nitrogen and oxygen atoms in total. The normalized spacial score (nSPS) is 12.6. The van der Waals surface area contributed by atoms with Gasteiger partial charge in [0.1, 0.15) is 5.82 Å². The monoisotopic (exact) mass is 276 g/mol. The molecule has 1 aromatic carbocycles. The van der Waals surface area contributed by atoms with Crippen LogP contribution in [0.25, 0.3) is 0 Å². The molecule has 1 atom stereocenters. The minimum atomic E-state index is 0.500. The van der Waals surface area contributed by atoms with Crippen molar-refractivity contribution in [1.29, 1.82) is 0 Å². The van der Waals surface area contributed by atoms with Gasteiger partial charge < -0.3 is 4.98 Å². The van der Waals surface area contributed by atoms with E-state index in [9.17, 15) is 0 Å². The first kappa shape index (κ1) is 14.1. The number of aromatic amines is 1. The molecule has 0 aliphatic heterocycles. The number of benzene rings is 1. The lowest BCUT2D eigenvalue weighted by Crippen LogP contribution is -1.97. The summed E-state index contributed by atoms with van der Waals surface area (Å²) in [4.78, 5) is 7.92. The summed E-state index contributed by atoms with van der Waals surface area (Å²) in [5.41, 5.74) is 2.27. The molecule has 1 unspecified atom stereocenters. The molecule has 0 fully saturated rings. The Hall–Kier alpha value is -1.28. The van der Waals surface area contributed by atoms with Crippen LogP contribution >= 0.6 is 11.6 Å². The molecule has 1 aromatic heterocycles. The number of nitrogens with zero attached hydrogens (tertiary/aromatic N) is 1. The van der Waals surface area contributed by atoms with E-state index in [4.69, 9.17) is 11.6 Å². The SMILES string of the molecule is CCCCC(C)c1ncc(Cc2ccccc2Cl)[nH]1. The Morgan fingerprint density at radius 3 is 2.84 bits per heavy atom. The second-order valence-electron chi connectivity index (χ2n) is 5.11. The number of imidazole rings is 1. The topological polar surface area (TPSA) is 28.7 Å². The number of hydrogen-bond acceptors (Lipinski definition) is 1. The molecular formula is C16H21ClN2. The first-order chi connectivity index (χ1) is 9.20. The van der Waals surface area contributed by atoms with Crippen LogP contribution in [0.1, 0.15) is 56.1 Å². The molecule has 19 heavy (non-hydrogen) atoms. The lowest BCUT2D eigenvalue weighted by Gasteiger charge is -2.07. The highest BCUT2D eigenvalue weighted by Crippen LogP contribution is 2.21. The van der Waals surface area contributed by atoms with Crippen molar-refractivity contribution < 1.29 is 0 Å². The summed E-state index contributed by atoms with van der Waals surface area (Å²) in [6, 6.07) is 7.96. The van der Waals surface area contributed by atoms with Gasteiger partial charge in [0, 0.05) is 29.3 Å². The second-order valence-corrected chi connectivity index (χ2v) is 5.51. The Morgan fingerprint density at radius 2 is 2.11 bits per heavy atom. The fraction of sp³-hybridized carbons (Fsp3) is 0.438. The van der Waals surface area contributed by atoms with Crippen molar-refractivity contribution in [3.8, 4) is 0 Å². The largest absolute Gasteiger partial charge is 0.345 e. The van der Waals surface area contributed by atoms with Gasteiger partial charge in [0.2, 0.25) is 0 Å². The second kappa shape index (κ2) is 6.76. The van der Waals surface area contributed by atoms with Crippen LogP contribution in [0.3, 0.4) is 0 Å². The van der Waals surface area contributed by atoms with E-state index in [2.05, 4.69) is 29.9 Å². The van der Waals surface area contributed by atoms with Crippen molar-refractivity contribution in [2.75, 3.05) is 0 Å². The maximum Gasteiger partial charge on any atom is 0.109 e. The predicted octanol–water partition coefficient (Wildman–Crippen LogP) is 4.95. The van der Waals surface area contributed by atoms with Crippen LogP contribution in [0.2, 0.25) is 5.02 Å². The Balaban J connectivity index is 2.03. The number of rotatable bonds is 6. The van der Waals surface area contributed by atoms with Gasteiger partial charge in [-0.3, -0.25) is 0 Å². The molecule has 2 rings (SSSR count). The van der Waals surface area contributed by atoms with E-state index in [1.807, 2.05) is 24.4 Å². The van der Waals surface area contributed by atoms with Gasteiger partial charge in [-0.1, -0.05) is 56.5 Å². The minimum Gasteiger partial charge on any atom is -0.345 e. The summed E-state index contributed by atoms with van der Waals surface area (Å²) in [6.07, 6.45) is 6.42. The fourth-order valence-electron chi connectivity index (χ4n) is 2.21. The smallest absolute Gasteiger partial charge is 0.109 e. The number of hydrogen-bond donors (Lipinski definition) is 1. The van der Waals surface area contributed by atoms with Crippen LogP contribution in [0.4, 0.5) is 0 Å². The third kappa shape index (κ3) is 3.84. The van der Waals surface area contributed by atoms with E-state index in [1.54, 1.807) is 0 Å². The Morgan fingerprint density at radius 1 is 1.32 bits per heavy atom. The molecule has 1 heterocycles. The zero-order chi connectivity index (χ0) is 13.7. The lowest BCUT2D eigenvalue weighted by atomic mass is 10.0. The van der Waals surface area contributed by atoms with E-state index in [0.717, 1.165) is 28.5 Å². The quantitative estimate of drug-likeness (QED) is 0.795. The van der Waals surface area contributed by atoms with Gasteiger partial charge in [0.25, 0.3) is 0 Å². The van der Waals surface area contributed by atoms with E-state index >= 15 is 0 Å². The molecule has 0 radical (unpaired) electrons. The van der Waals surface area contributed by atoms with Gasteiger partial charge >= 0.3 is 0 Å². The molecular weight excluding hydrogens is 256 g/mol. The van der Waals surface area contributed by atoms with Crippen molar-refractivity contribution in [3.05, 3.63) is 52.6 Å². The molecule has 0 saturated heterocycles. The molecule has 102 valence electrons. The van der Waals surface area contributed by atoms with E-state index in [-0.39, 0.29) is 0 Å². The van der Waals surface area contributed by atoms with Gasteiger partial charge in [-0.05, 0) is 18.1 Å². The van der Waals surface area contributed by atoms with Crippen molar-refractivity contribution >= 4 is 11.6 Å². The minimum absolute atomic E-state index is 0.500. The molecule has 0 saturated carbocycles. The molecule has 0 aliphatic rings. The van der Waals surface area contributed by atoms with Crippen molar-refractivity contribution in [1.82, 2.24) is 9.97 Å². The zero-order valence-corrected chi connectivity index (χ0v) is 12.4. The third-order valence-corrected chi connectivity index (χ3v) is 3.81. The van der Waals surface area contributed by atoms with Crippen LogP contribution in [0.5, 0.6) is 0 Å². The van der Waals surface area contributed by atoms with Crippen LogP contribution in [-0.2, 0) is 6.42 Å². The first-order valence-electron chi connectivity index (χ1n) is 6.98. The average Bonchev–Trinajstić information content (AvgIpc) is 2.87. The van der Waals surface area contributed by atoms with Gasteiger partial charge in [-0.2, -0.15) is 0 Å². The van der Waals surface area contributed by atoms with Crippen LogP contribution < -0.4 is 0 Å². The van der Waals surface area contributed by atoms with Crippen molar-refractivity contribution in [2.45, 2.75) is 45.4 Å². The van der Waals surface area contributed by atoms with Crippen LogP contribution in [0.15, 0.2) is 30.5 Å². The predicted molar refractivity (Wildman–Crippen MR) is 80.8 cm³/mol. The van der Waals surface area contributed by atoms with Crippen molar-refractivity contribution in [3.63, 3.8) is 0 Å². The summed E-state index contributed by atoms with van der Waals surface area (Å²) in [6.45, 7) is 4.45. The first-order valence-corrected chi connectivity index (χ1v) is 7.35. The Kier molecular flexibility index (Phi) is 5.03. The highest BCUT2D eigenvalue weighted by atomic mass is 35.5. The van der Waals surface area contributed by atoms with Gasteiger partial charge in [0.05, 0.1) is 0 Å². The maximum atomic E-state index is 6.18. The van der Waals surface area contributed by atoms with Gasteiger partial charge in [0.15, 0.2) is 0 Å². The summed E-state index contributed by atoms with van der Waals surface area (Å²) in [5.74, 6) is 1.59. The van der Waals surface area contributed by atoms with Gasteiger partial charge in [-0.15, -0.1) is 0 Å². The summed E-state index contributed by atoms with van der Waals surface area (Å²) in [5, 5.41) is 0.817. The molecule has 2 aromatic rings. The molecule has 0 aliphatic carbocycles. The molecule has 0 amide bonds. The number of aromatic nitrogens is 2. The van der Waals surface area contributed by atoms with Crippen LogP contribution in [0, 0.1) is 0 Å². The lowest BCUT2D eigenvalue weighted by molar-refractivity contribution is 0.600. The zero-order valence-electron chi connectivity index (χ0n) is 11.6. The fourth-order valence-corrected chi connectivity index (χ4v) is 2.41. The number of H-pyrrole nitrogens is 1. The summed E-state index contributed by atoms with van der Waals surface area (Å²) in [7, 11) is 0. The Bertz CT molecular complexity index is 519. The third-order valence-electron chi connectivity index (χ3n) is 3.44. The molecule has 3 heteroatoms. The van der Waals surface area contributed by atoms with Gasteiger partial charge in [-0.25, -0.2) is 4.98 Å². The molecule has 0 bridgehead atoms. The van der Waals surface area contributed by atoms with Crippen LogP contribution in [-0.4, -0.2) is 9.97 Å². The maximum absolute atomic E-state index is 6.18. The number of halogens is 1. The summed E-state index contributed by atoms with van der Waals surface area (Å²) >= 11 is 6.18. The summed E-state index contributed by atoms with van der Waals surface area (Å²) < 4.78 is 0. The van der Waals surface area contributed by atoms with E-state index in [0.29, 0.717) is 5.92 Å². The molecule has 0 spiro atoms. The number of unbranched alkanes of at least 4 members (excludes halogenated alkanes) is 1. The highest BCUT2D eigenvalue weighted by molar-refractivity contribution is 6.31. The molecule has 1 N–H and O–H groups in total. The standard InChI is InChI=1S/C16H21ClN2/c1-3-4-7-12(2)16-18-11-14(19-16)10-13-8-5-6-9-15(13)17/h5-6,8-9,11-12H,3-4,7,10H2,1-2H3,(H,18,19). The average molecular weight is 277 g/mol.